The van der Waals surface area contributed by atoms with Gasteiger partial charge in [-0.25, -0.2) is 4.79 Å². The SMILES string of the molecule is CC[C@]12C=CCN3CC[C@]4(c5ccc(OC)cc5N(C)C4[C@@](O)(C(=O)OC)[C@@H]1OC(C)=O)[C@H]32. The van der Waals surface area contributed by atoms with E-state index in [0.29, 0.717) is 12.2 Å². The molecule has 1 N–H and O–H groups in total. The lowest BCUT2D eigenvalue weighted by Gasteiger charge is -2.63. The predicted molar refractivity (Wildman–Crippen MR) is 121 cm³/mol. The number of nitrogens with zero attached hydrogens (tertiary/aromatic N) is 2. The van der Waals surface area contributed by atoms with Crippen LogP contribution >= 0.6 is 0 Å². The molecule has 1 saturated heterocycles. The van der Waals surface area contributed by atoms with Gasteiger partial charge in [0.2, 0.25) is 5.60 Å². The monoisotopic (exact) mass is 456 g/mol. The highest BCUT2D eigenvalue weighted by Crippen LogP contribution is 2.67. The highest BCUT2D eigenvalue weighted by atomic mass is 16.6. The van der Waals surface area contributed by atoms with Crippen molar-refractivity contribution in [3.63, 3.8) is 0 Å². The number of carbonyl (C=O) groups is 2. The average Bonchev–Trinajstić information content (AvgIpc) is 3.32. The summed E-state index contributed by atoms with van der Waals surface area (Å²) in [5.41, 5.74) is -1.41. The summed E-state index contributed by atoms with van der Waals surface area (Å²) in [5, 5.41) is 12.5. The fourth-order valence-electron chi connectivity index (χ4n) is 7.68. The van der Waals surface area contributed by atoms with Crippen molar-refractivity contribution in [2.45, 2.75) is 55.9 Å². The van der Waals surface area contributed by atoms with Gasteiger partial charge in [-0.05, 0) is 31.0 Å². The third-order valence-electron chi connectivity index (χ3n) is 8.62. The van der Waals surface area contributed by atoms with E-state index >= 15 is 0 Å². The van der Waals surface area contributed by atoms with Crippen LogP contribution in [0.5, 0.6) is 5.75 Å². The number of aliphatic hydroxyl groups is 1. The Balaban J connectivity index is 1.86. The molecule has 6 atom stereocenters. The zero-order valence-electron chi connectivity index (χ0n) is 19.8. The van der Waals surface area contributed by atoms with E-state index in [2.05, 4.69) is 23.1 Å². The molecule has 0 bridgehead atoms. The van der Waals surface area contributed by atoms with Gasteiger partial charge in [0.25, 0.3) is 0 Å². The Labute approximate surface area is 194 Å². The van der Waals surface area contributed by atoms with Crippen molar-refractivity contribution in [2.24, 2.45) is 5.41 Å². The summed E-state index contributed by atoms with van der Waals surface area (Å²) < 4.78 is 16.6. The van der Waals surface area contributed by atoms with Crippen molar-refractivity contribution in [1.29, 1.82) is 0 Å². The van der Waals surface area contributed by atoms with Crippen LogP contribution in [0.1, 0.15) is 32.3 Å². The van der Waals surface area contributed by atoms with E-state index in [-0.39, 0.29) is 6.04 Å². The lowest BCUT2D eigenvalue weighted by atomic mass is 9.47. The van der Waals surface area contributed by atoms with Crippen molar-refractivity contribution in [1.82, 2.24) is 4.90 Å². The highest BCUT2D eigenvalue weighted by Gasteiger charge is 2.80. The zero-order valence-corrected chi connectivity index (χ0v) is 19.8. The minimum absolute atomic E-state index is 0.0589. The Kier molecular flexibility index (Phi) is 4.85. The predicted octanol–water partition coefficient (Wildman–Crippen LogP) is 1.64. The molecule has 0 radical (unpaired) electrons. The van der Waals surface area contributed by atoms with E-state index in [1.54, 1.807) is 7.11 Å². The molecule has 3 aliphatic heterocycles. The number of carbonyl (C=O) groups excluding carboxylic acids is 2. The van der Waals surface area contributed by atoms with Crippen LogP contribution < -0.4 is 9.64 Å². The van der Waals surface area contributed by atoms with Gasteiger partial charge in [0.05, 0.1) is 20.3 Å². The maximum absolute atomic E-state index is 13.5. The molecule has 0 amide bonds. The normalized spacial score (nSPS) is 38.4. The van der Waals surface area contributed by atoms with Gasteiger partial charge in [-0.3, -0.25) is 9.69 Å². The second kappa shape index (κ2) is 7.21. The Morgan fingerprint density at radius 2 is 2.00 bits per heavy atom. The molecule has 8 nitrogen and oxygen atoms in total. The van der Waals surface area contributed by atoms with Gasteiger partial charge in [0.1, 0.15) is 5.75 Å². The molecule has 1 aliphatic carbocycles. The van der Waals surface area contributed by atoms with Gasteiger partial charge < -0.3 is 24.2 Å². The maximum atomic E-state index is 13.5. The first-order chi connectivity index (χ1) is 15.7. The Hall–Kier alpha value is -2.58. The minimum Gasteiger partial charge on any atom is -0.497 e. The molecule has 1 spiro atoms. The van der Waals surface area contributed by atoms with Crippen molar-refractivity contribution >= 4 is 17.6 Å². The zero-order chi connectivity index (χ0) is 23.8. The van der Waals surface area contributed by atoms with Crippen LogP contribution in [0.15, 0.2) is 30.4 Å². The summed E-state index contributed by atoms with van der Waals surface area (Å²) in [6, 6.07) is 5.22. The van der Waals surface area contributed by atoms with Gasteiger partial charge in [-0.2, -0.15) is 0 Å². The van der Waals surface area contributed by atoms with Crippen LogP contribution in [-0.4, -0.2) is 80.1 Å². The third-order valence-corrected chi connectivity index (χ3v) is 8.62. The number of hydrogen-bond donors (Lipinski definition) is 1. The van der Waals surface area contributed by atoms with Gasteiger partial charge in [0, 0.05) is 49.1 Å². The van der Waals surface area contributed by atoms with Gasteiger partial charge in [0.15, 0.2) is 6.10 Å². The Morgan fingerprint density at radius 1 is 1.24 bits per heavy atom. The van der Waals surface area contributed by atoms with Crippen LogP contribution in [-0.2, 0) is 24.5 Å². The van der Waals surface area contributed by atoms with Crippen molar-refractivity contribution in [3.8, 4) is 5.75 Å². The van der Waals surface area contributed by atoms with Crippen molar-refractivity contribution in [3.05, 3.63) is 35.9 Å². The summed E-state index contributed by atoms with van der Waals surface area (Å²) in [6.07, 6.45) is 4.40. The van der Waals surface area contributed by atoms with E-state index in [1.807, 2.05) is 31.0 Å². The molecule has 178 valence electrons. The summed E-state index contributed by atoms with van der Waals surface area (Å²) in [4.78, 5) is 30.2. The van der Waals surface area contributed by atoms with E-state index in [4.69, 9.17) is 14.2 Å². The minimum atomic E-state index is -2.08. The molecular weight excluding hydrogens is 424 g/mol. The van der Waals surface area contributed by atoms with Gasteiger partial charge in [-0.1, -0.05) is 25.1 Å². The first-order valence-corrected chi connectivity index (χ1v) is 11.5. The lowest BCUT2D eigenvalue weighted by molar-refractivity contribution is -0.228. The molecule has 8 heteroatoms. The van der Waals surface area contributed by atoms with Crippen LogP contribution in [0.25, 0.3) is 0 Å². The molecule has 1 aromatic carbocycles. The molecule has 0 aromatic heterocycles. The standard InChI is InChI=1S/C25H32N2O6/c1-6-23-10-7-12-27-13-11-24(19(23)27)17-9-8-16(31-4)14-18(17)26(3)20(24)25(30,22(29)32-5)21(23)33-15(2)28/h7-10,14,19-21,30H,6,11-13H2,1-5H3/t19-,20?,21-,23-,24+,25+/m1/s1. The molecule has 4 aliphatic rings. The van der Waals surface area contributed by atoms with E-state index in [9.17, 15) is 14.7 Å². The van der Waals surface area contributed by atoms with Crippen molar-refractivity contribution < 1.29 is 28.9 Å². The van der Waals surface area contributed by atoms with E-state index in [1.165, 1.54) is 14.0 Å². The summed E-state index contributed by atoms with van der Waals surface area (Å²) >= 11 is 0. The van der Waals surface area contributed by atoms with Gasteiger partial charge >= 0.3 is 11.9 Å². The maximum Gasteiger partial charge on any atom is 0.344 e. The van der Waals surface area contributed by atoms with E-state index < -0.39 is 40.5 Å². The number of hydrogen-bond acceptors (Lipinski definition) is 8. The molecule has 1 unspecified atom stereocenters. The molecular formula is C25H32N2O6. The number of rotatable bonds is 4. The quantitative estimate of drug-likeness (QED) is 0.541. The summed E-state index contributed by atoms with van der Waals surface area (Å²) in [5.74, 6) is -0.617. The number of ether oxygens (including phenoxy) is 3. The first kappa shape index (κ1) is 22.2. The highest BCUT2D eigenvalue weighted by molar-refractivity contribution is 5.87. The Morgan fingerprint density at radius 3 is 2.64 bits per heavy atom. The van der Waals surface area contributed by atoms with Crippen LogP contribution in [0.4, 0.5) is 5.69 Å². The number of anilines is 1. The number of methoxy groups -OCH3 is 2. The number of likely N-dealkylation sites (N-methyl/N-ethyl adjacent to an activating group) is 1. The fourth-order valence-corrected chi connectivity index (χ4v) is 7.68. The second-order valence-electron chi connectivity index (χ2n) is 9.76. The number of benzene rings is 1. The number of esters is 2. The molecule has 1 aromatic rings. The lowest BCUT2D eigenvalue weighted by Crippen LogP contribution is -2.81. The summed E-state index contributed by atoms with van der Waals surface area (Å²) in [7, 11) is 4.77. The Bertz CT molecular complexity index is 1040. The van der Waals surface area contributed by atoms with Crippen LogP contribution in [0.2, 0.25) is 0 Å². The molecule has 3 heterocycles. The van der Waals surface area contributed by atoms with Gasteiger partial charge in [-0.15, -0.1) is 0 Å². The second-order valence-corrected chi connectivity index (χ2v) is 9.76. The van der Waals surface area contributed by atoms with E-state index in [0.717, 1.165) is 30.8 Å². The summed E-state index contributed by atoms with van der Waals surface area (Å²) in [6.45, 7) is 4.94. The number of fused-ring (bicyclic) bond motifs is 1. The van der Waals surface area contributed by atoms with Crippen LogP contribution in [0, 0.1) is 5.41 Å². The largest absolute Gasteiger partial charge is 0.497 e. The topological polar surface area (TPSA) is 88.5 Å². The smallest absolute Gasteiger partial charge is 0.344 e. The molecule has 1 saturated carbocycles. The fraction of sp³-hybridized carbons (Fsp3) is 0.600. The third kappa shape index (κ3) is 2.48. The first-order valence-electron chi connectivity index (χ1n) is 11.5. The molecule has 33 heavy (non-hydrogen) atoms. The average molecular weight is 457 g/mol. The molecule has 5 rings (SSSR count). The molecule has 2 fully saturated rings. The van der Waals surface area contributed by atoms with Crippen molar-refractivity contribution in [2.75, 3.05) is 39.3 Å². The van der Waals surface area contributed by atoms with Crippen LogP contribution in [0.3, 0.4) is 0 Å².